The van der Waals surface area contributed by atoms with Gasteiger partial charge in [-0.25, -0.2) is 0 Å². The Morgan fingerprint density at radius 3 is 2.62 bits per heavy atom. The predicted octanol–water partition coefficient (Wildman–Crippen LogP) is 1.38. The fraction of sp³-hybridized carbons (Fsp3) is 0.467. The van der Waals surface area contributed by atoms with Crippen molar-refractivity contribution in [1.82, 2.24) is 4.90 Å². The molecule has 6 heteroatoms. The van der Waals surface area contributed by atoms with Gasteiger partial charge < -0.3 is 14.8 Å². The summed E-state index contributed by atoms with van der Waals surface area (Å²) in [5.74, 6) is -0.502. The number of carbonyl (C=O) groups is 2. The summed E-state index contributed by atoms with van der Waals surface area (Å²) in [4.78, 5) is 24.8. The van der Waals surface area contributed by atoms with Crippen LogP contribution in [0.2, 0.25) is 0 Å². The number of imide groups is 1. The van der Waals surface area contributed by atoms with E-state index in [0.717, 1.165) is 17.0 Å². The number of ether oxygens (including phenoxy) is 2. The number of nitrogens with one attached hydrogen (secondary N) is 1. The molecule has 1 aromatic carbocycles. The van der Waals surface area contributed by atoms with Crippen molar-refractivity contribution in [3.8, 4) is 0 Å². The first kappa shape index (κ1) is 15.5. The molecular weight excluding hydrogens is 272 g/mol. The van der Waals surface area contributed by atoms with Crippen molar-refractivity contribution in [2.75, 3.05) is 45.8 Å². The van der Waals surface area contributed by atoms with Crippen molar-refractivity contribution in [3.63, 3.8) is 0 Å². The van der Waals surface area contributed by atoms with Crippen molar-refractivity contribution in [3.05, 3.63) is 29.3 Å². The van der Waals surface area contributed by atoms with Crippen molar-refractivity contribution in [2.24, 2.45) is 0 Å². The van der Waals surface area contributed by atoms with Gasteiger partial charge in [0.2, 0.25) is 0 Å². The highest BCUT2D eigenvalue weighted by atomic mass is 16.5. The Hall–Kier alpha value is -1.92. The number of fused-ring (bicyclic) bond motifs is 1. The SMILES string of the molecule is COCCCOCCNc1ccc2c(c1)C(=O)N(C)C2=O. The van der Waals surface area contributed by atoms with E-state index in [1.807, 2.05) is 0 Å². The third kappa shape index (κ3) is 3.59. The minimum absolute atomic E-state index is 0.247. The number of methoxy groups -OCH3 is 1. The predicted molar refractivity (Wildman–Crippen MR) is 78.7 cm³/mol. The van der Waals surface area contributed by atoms with Crippen LogP contribution in [0.4, 0.5) is 5.69 Å². The Morgan fingerprint density at radius 1 is 1.10 bits per heavy atom. The number of rotatable bonds is 8. The first-order valence-electron chi connectivity index (χ1n) is 6.92. The van der Waals surface area contributed by atoms with E-state index in [0.29, 0.717) is 37.5 Å². The van der Waals surface area contributed by atoms with Crippen molar-refractivity contribution < 1.29 is 19.1 Å². The molecule has 1 aliphatic heterocycles. The second-order valence-electron chi connectivity index (χ2n) is 4.82. The molecule has 0 unspecified atom stereocenters. The third-order valence-corrected chi connectivity index (χ3v) is 3.30. The molecule has 0 saturated carbocycles. The Labute approximate surface area is 124 Å². The lowest BCUT2D eigenvalue weighted by Crippen LogP contribution is -2.24. The maximum Gasteiger partial charge on any atom is 0.261 e. The van der Waals surface area contributed by atoms with Gasteiger partial charge in [0, 0.05) is 39.6 Å². The van der Waals surface area contributed by atoms with E-state index in [2.05, 4.69) is 5.32 Å². The van der Waals surface area contributed by atoms with Crippen LogP contribution >= 0.6 is 0 Å². The molecule has 1 aliphatic rings. The number of anilines is 1. The molecular formula is C15H20N2O4. The molecule has 0 saturated heterocycles. The van der Waals surface area contributed by atoms with Gasteiger partial charge in [0.1, 0.15) is 0 Å². The second kappa shape index (κ2) is 7.19. The molecule has 0 radical (unpaired) electrons. The zero-order chi connectivity index (χ0) is 15.2. The van der Waals surface area contributed by atoms with Crippen LogP contribution in [0.1, 0.15) is 27.1 Å². The average Bonchev–Trinajstić information content (AvgIpc) is 2.71. The maximum atomic E-state index is 11.9. The molecule has 1 heterocycles. The van der Waals surface area contributed by atoms with E-state index < -0.39 is 0 Å². The molecule has 0 atom stereocenters. The molecule has 0 aliphatic carbocycles. The fourth-order valence-electron chi connectivity index (χ4n) is 2.15. The van der Waals surface area contributed by atoms with Crippen molar-refractivity contribution in [1.29, 1.82) is 0 Å². The maximum absolute atomic E-state index is 11.9. The summed E-state index contributed by atoms with van der Waals surface area (Å²) in [5, 5.41) is 3.18. The third-order valence-electron chi connectivity index (χ3n) is 3.30. The van der Waals surface area contributed by atoms with Crippen molar-refractivity contribution in [2.45, 2.75) is 6.42 Å². The van der Waals surface area contributed by atoms with Gasteiger partial charge in [-0.3, -0.25) is 14.5 Å². The van der Waals surface area contributed by atoms with Gasteiger partial charge in [-0.05, 0) is 24.6 Å². The Bertz CT molecular complexity index is 530. The summed E-state index contributed by atoms with van der Waals surface area (Å²) in [6, 6.07) is 5.19. The molecule has 0 aromatic heterocycles. The molecule has 114 valence electrons. The quantitative estimate of drug-likeness (QED) is 0.579. The molecule has 0 bridgehead atoms. The molecule has 2 amide bonds. The molecule has 0 spiro atoms. The van der Waals surface area contributed by atoms with Gasteiger partial charge in [0.25, 0.3) is 11.8 Å². The van der Waals surface area contributed by atoms with E-state index in [1.54, 1.807) is 25.3 Å². The van der Waals surface area contributed by atoms with Crippen LogP contribution in [0.15, 0.2) is 18.2 Å². The lowest BCUT2D eigenvalue weighted by atomic mass is 10.1. The van der Waals surface area contributed by atoms with E-state index in [1.165, 1.54) is 7.05 Å². The first-order chi connectivity index (χ1) is 10.1. The Morgan fingerprint density at radius 2 is 1.86 bits per heavy atom. The summed E-state index contributed by atoms with van der Waals surface area (Å²) in [6.45, 7) is 2.58. The number of nitrogens with zero attached hydrogens (tertiary/aromatic N) is 1. The second-order valence-corrected chi connectivity index (χ2v) is 4.82. The Kier molecular flexibility index (Phi) is 5.30. The zero-order valence-corrected chi connectivity index (χ0v) is 12.3. The molecule has 0 fully saturated rings. The molecule has 2 rings (SSSR count). The normalized spacial score (nSPS) is 13.7. The highest BCUT2D eigenvalue weighted by Gasteiger charge is 2.32. The highest BCUT2D eigenvalue weighted by Crippen LogP contribution is 2.24. The largest absolute Gasteiger partial charge is 0.385 e. The van der Waals surface area contributed by atoms with Gasteiger partial charge in [0.05, 0.1) is 17.7 Å². The van der Waals surface area contributed by atoms with Crippen LogP contribution in [0.25, 0.3) is 0 Å². The van der Waals surface area contributed by atoms with Crippen LogP contribution in [-0.4, -0.2) is 57.2 Å². The molecule has 21 heavy (non-hydrogen) atoms. The van der Waals surface area contributed by atoms with Crippen LogP contribution in [0.3, 0.4) is 0 Å². The molecule has 6 nitrogen and oxygen atoms in total. The standard InChI is InChI=1S/C15H20N2O4/c1-17-14(18)12-5-4-11(10-13(12)15(17)19)16-6-9-21-8-3-7-20-2/h4-5,10,16H,3,6-9H2,1-2H3. The van der Waals surface area contributed by atoms with Crippen LogP contribution in [-0.2, 0) is 9.47 Å². The summed E-state index contributed by atoms with van der Waals surface area (Å²) < 4.78 is 10.4. The Balaban J connectivity index is 1.81. The monoisotopic (exact) mass is 292 g/mol. The average molecular weight is 292 g/mol. The highest BCUT2D eigenvalue weighted by molar-refractivity contribution is 6.21. The smallest absolute Gasteiger partial charge is 0.261 e. The molecule has 1 N–H and O–H groups in total. The van der Waals surface area contributed by atoms with E-state index in [9.17, 15) is 9.59 Å². The van der Waals surface area contributed by atoms with Gasteiger partial charge in [-0.2, -0.15) is 0 Å². The van der Waals surface area contributed by atoms with Crippen LogP contribution < -0.4 is 5.32 Å². The van der Waals surface area contributed by atoms with E-state index in [-0.39, 0.29) is 11.8 Å². The van der Waals surface area contributed by atoms with Gasteiger partial charge in [0.15, 0.2) is 0 Å². The molecule has 1 aromatic rings. The van der Waals surface area contributed by atoms with Gasteiger partial charge in [-0.15, -0.1) is 0 Å². The summed E-state index contributed by atoms with van der Waals surface area (Å²) in [6.07, 6.45) is 0.873. The fourth-order valence-corrected chi connectivity index (χ4v) is 2.15. The van der Waals surface area contributed by atoms with Crippen LogP contribution in [0, 0.1) is 0 Å². The number of benzene rings is 1. The summed E-state index contributed by atoms with van der Waals surface area (Å²) >= 11 is 0. The van der Waals surface area contributed by atoms with Crippen LogP contribution in [0.5, 0.6) is 0 Å². The van der Waals surface area contributed by atoms with Crippen molar-refractivity contribution >= 4 is 17.5 Å². The zero-order valence-electron chi connectivity index (χ0n) is 12.3. The number of hydrogen-bond donors (Lipinski definition) is 1. The number of amides is 2. The van der Waals surface area contributed by atoms with Gasteiger partial charge >= 0.3 is 0 Å². The first-order valence-corrected chi connectivity index (χ1v) is 6.92. The minimum atomic E-state index is -0.255. The summed E-state index contributed by atoms with van der Waals surface area (Å²) in [5.41, 5.74) is 1.73. The minimum Gasteiger partial charge on any atom is -0.385 e. The number of hydrogen-bond acceptors (Lipinski definition) is 5. The lowest BCUT2D eigenvalue weighted by molar-refractivity contribution is 0.0693. The lowest BCUT2D eigenvalue weighted by Gasteiger charge is -2.08. The van der Waals surface area contributed by atoms with E-state index in [4.69, 9.17) is 9.47 Å². The topological polar surface area (TPSA) is 67.9 Å². The summed E-state index contributed by atoms with van der Waals surface area (Å²) in [7, 11) is 3.16. The number of carbonyl (C=O) groups excluding carboxylic acids is 2. The van der Waals surface area contributed by atoms with Gasteiger partial charge in [-0.1, -0.05) is 0 Å². The van der Waals surface area contributed by atoms with E-state index >= 15 is 0 Å².